The number of ether oxygens (including phenoxy) is 5. The van der Waals surface area contributed by atoms with Gasteiger partial charge in [-0.25, -0.2) is 4.79 Å². The maximum Gasteiger partial charge on any atom is 0.329 e. The van der Waals surface area contributed by atoms with Crippen LogP contribution in [0.2, 0.25) is 0 Å². The first-order chi connectivity index (χ1) is 29.0. The SMILES string of the molecule is CCC1/C=C(\C)CC(C)CC(OC)C2OC(O)(C(=O)C(=O)N3CCCCC3C(=O)OC(C(C)=CC3CCC(Oc4ccc(C)cc4)C(O)C3)C(C)CCC1=O)C(C)CC2OC. The minimum atomic E-state index is -2.48. The highest BCUT2D eigenvalue weighted by atomic mass is 16.7. The Balaban J connectivity index is 1.45. The van der Waals surface area contributed by atoms with E-state index in [1.54, 1.807) is 21.1 Å². The van der Waals surface area contributed by atoms with E-state index in [4.69, 9.17) is 23.7 Å². The number of ketones is 2. The third-order valence-electron chi connectivity index (χ3n) is 13.8. The van der Waals surface area contributed by atoms with Crippen molar-refractivity contribution in [2.24, 2.45) is 29.6 Å². The number of allylic oxidation sites excluding steroid dienone is 3. The first kappa shape index (κ1) is 48.6. The summed E-state index contributed by atoms with van der Waals surface area (Å²) in [5.74, 6) is -5.66. The quantitative estimate of drug-likeness (QED) is 0.162. The predicted octanol–water partition coefficient (Wildman–Crippen LogP) is 7.24. The molecule has 0 spiro atoms. The molecule has 2 saturated heterocycles. The van der Waals surface area contributed by atoms with E-state index < -0.39 is 65.9 Å². The van der Waals surface area contributed by atoms with Gasteiger partial charge < -0.3 is 38.8 Å². The second-order valence-electron chi connectivity index (χ2n) is 18.7. The molecule has 3 heterocycles. The van der Waals surface area contributed by atoms with Crippen molar-refractivity contribution in [1.82, 2.24) is 4.90 Å². The summed E-state index contributed by atoms with van der Waals surface area (Å²) in [5, 5.41) is 23.3. The summed E-state index contributed by atoms with van der Waals surface area (Å²) < 4.78 is 30.6. The fourth-order valence-electron chi connectivity index (χ4n) is 10.1. The zero-order valence-electron chi connectivity index (χ0n) is 38.1. The molecule has 3 fully saturated rings. The van der Waals surface area contributed by atoms with Crippen LogP contribution in [-0.2, 0) is 38.1 Å². The van der Waals surface area contributed by atoms with Gasteiger partial charge in [0.25, 0.3) is 11.7 Å². The van der Waals surface area contributed by atoms with E-state index in [1.807, 2.05) is 58.9 Å². The van der Waals surface area contributed by atoms with Crippen molar-refractivity contribution in [3.63, 3.8) is 0 Å². The molecule has 12 nitrogen and oxygen atoms in total. The lowest BCUT2D eigenvalue weighted by atomic mass is 9.82. The standard InChI is InChI=1S/C49H73NO11/c1-10-36-24-30(3)23-31(4)25-42(57-8)45-43(58-9)27-34(7)49(56,61-45)46(53)47(54)50-22-12-11-13-38(50)48(55)60-44(32(5)16-20-39(36)51)33(6)26-35-17-21-41(40(52)28-35)59-37-18-14-29(2)15-19-37/h14-15,18-19,24,26,31-32,34-36,38,40-45,52,56H,10-13,16-17,20-23,25,27-28H2,1-9H3/b30-24+,33-26?. The van der Waals surface area contributed by atoms with E-state index in [9.17, 15) is 29.4 Å². The first-order valence-corrected chi connectivity index (χ1v) is 22.8. The van der Waals surface area contributed by atoms with Crippen LogP contribution in [0.4, 0.5) is 0 Å². The summed E-state index contributed by atoms with van der Waals surface area (Å²) in [5.41, 5.74) is 3.00. The van der Waals surface area contributed by atoms with Crippen molar-refractivity contribution in [2.75, 3.05) is 20.8 Å². The summed E-state index contributed by atoms with van der Waals surface area (Å²) in [6.45, 7) is 13.8. The summed E-state index contributed by atoms with van der Waals surface area (Å²) in [7, 11) is 3.10. The normalized spacial score (nSPS) is 37.8. The lowest BCUT2D eigenvalue weighted by molar-refractivity contribution is -0.302. The van der Waals surface area contributed by atoms with Crippen molar-refractivity contribution in [3.05, 3.63) is 53.1 Å². The number of esters is 1. The number of nitrogens with zero attached hydrogens (tertiary/aromatic N) is 1. The zero-order valence-corrected chi connectivity index (χ0v) is 38.1. The van der Waals surface area contributed by atoms with Crippen LogP contribution < -0.4 is 4.74 Å². The maximum atomic E-state index is 14.4. The van der Waals surface area contributed by atoms with Gasteiger partial charge in [0.15, 0.2) is 0 Å². The minimum Gasteiger partial charge on any atom is -0.488 e. The molecule has 5 rings (SSSR count). The van der Waals surface area contributed by atoms with Crippen LogP contribution in [0, 0.1) is 36.5 Å². The second-order valence-corrected chi connectivity index (χ2v) is 18.7. The molecular formula is C49H73NO11. The lowest BCUT2D eigenvalue weighted by Gasteiger charge is -2.47. The minimum absolute atomic E-state index is 0.00615. The zero-order chi connectivity index (χ0) is 44.6. The molecule has 1 aromatic carbocycles. The van der Waals surface area contributed by atoms with Gasteiger partial charge in [0, 0.05) is 39.0 Å². The van der Waals surface area contributed by atoms with Crippen LogP contribution in [-0.4, -0.2) is 108 Å². The number of hydrogen-bond donors (Lipinski definition) is 2. The number of methoxy groups -OCH3 is 2. The van der Waals surface area contributed by atoms with E-state index in [2.05, 4.69) is 19.1 Å². The Hall–Kier alpha value is -3.42. The number of carbonyl (C=O) groups is 4. The largest absolute Gasteiger partial charge is 0.488 e. The van der Waals surface area contributed by atoms with Gasteiger partial charge in [-0.2, -0.15) is 0 Å². The molecule has 0 aromatic heterocycles. The first-order valence-electron chi connectivity index (χ1n) is 22.8. The highest BCUT2D eigenvalue weighted by Gasteiger charge is 2.56. The third kappa shape index (κ3) is 12.0. The van der Waals surface area contributed by atoms with Crippen LogP contribution in [0.5, 0.6) is 5.75 Å². The number of piperidine rings is 1. The second kappa shape index (κ2) is 21.8. The Morgan fingerprint density at radius 2 is 1.61 bits per heavy atom. The van der Waals surface area contributed by atoms with Crippen molar-refractivity contribution in [1.29, 1.82) is 0 Å². The number of amides is 1. The van der Waals surface area contributed by atoms with E-state index in [-0.39, 0.29) is 54.9 Å². The third-order valence-corrected chi connectivity index (χ3v) is 13.8. The predicted molar refractivity (Wildman–Crippen MR) is 231 cm³/mol. The van der Waals surface area contributed by atoms with Crippen LogP contribution in [0.3, 0.4) is 0 Å². The van der Waals surface area contributed by atoms with E-state index in [1.165, 1.54) is 4.90 Å². The molecule has 61 heavy (non-hydrogen) atoms. The topological polar surface area (TPSA) is 158 Å². The molecule has 12 heteroatoms. The molecule has 13 unspecified atom stereocenters. The molecule has 13 atom stereocenters. The van der Waals surface area contributed by atoms with Crippen LogP contribution in [0.25, 0.3) is 0 Å². The van der Waals surface area contributed by atoms with Gasteiger partial charge in [0.2, 0.25) is 5.79 Å². The summed E-state index contributed by atoms with van der Waals surface area (Å²) in [6.07, 6.45) is 6.62. The Labute approximate surface area is 363 Å². The molecular weight excluding hydrogens is 779 g/mol. The summed E-state index contributed by atoms with van der Waals surface area (Å²) >= 11 is 0. The molecule has 2 bridgehead atoms. The van der Waals surface area contributed by atoms with Gasteiger partial charge in [-0.3, -0.25) is 14.4 Å². The maximum absolute atomic E-state index is 14.4. The number of aliphatic hydroxyl groups is 2. The van der Waals surface area contributed by atoms with Crippen molar-refractivity contribution < 1.29 is 53.1 Å². The average Bonchev–Trinajstić information content (AvgIpc) is 3.24. The van der Waals surface area contributed by atoms with Crippen LogP contribution in [0.1, 0.15) is 124 Å². The molecule has 0 radical (unpaired) electrons. The Morgan fingerprint density at radius 3 is 2.26 bits per heavy atom. The summed E-state index contributed by atoms with van der Waals surface area (Å²) in [6, 6.07) is 6.73. The molecule has 2 N–H and O–H groups in total. The molecule has 1 aromatic rings. The number of aliphatic hydroxyl groups excluding tert-OH is 1. The smallest absolute Gasteiger partial charge is 0.329 e. The molecule has 4 aliphatic rings. The van der Waals surface area contributed by atoms with Gasteiger partial charge in [0.1, 0.15) is 35.9 Å². The van der Waals surface area contributed by atoms with Crippen molar-refractivity contribution in [2.45, 2.75) is 174 Å². The van der Waals surface area contributed by atoms with Gasteiger partial charge in [-0.1, -0.05) is 63.1 Å². The van der Waals surface area contributed by atoms with E-state index >= 15 is 0 Å². The summed E-state index contributed by atoms with van der Waals surface area (Å²) in [4.78, 5) is 58.1. The highest BCUT2D eigenvalue weighted by Crippen LogP contribution is 2.39. The Bertz CT molecular complexity index is 1720. The van der Waals surface area contributed by atoms with Crippen LogP contribution >= 0.6 is 0 Å². The Kier molecular flexibility index (Phi) is 17.4. The number of aryl methyl sites for hydroxylation is 1. The van der Waals surface area contributed by atoms with Crippen molar-refractivity contribution in [3.8, 4) is 5.75 Å². The molecule has 1 aliphatic carbocycles. The van der Waals surface area contributed by atoms with E-state index in [0.717, 1.165) is 28.9 Å². The Morgan fingerprint density at radius 1 is 0.918 bits per heavy atom. The number of carbonyl (C=O) groups excluding carboxylic acids is 4. The monoisotopic (exact) mass is 852 g/mol. The fraction of sp³-hybridized carbons (Fsp3) is 0.714. The van der Waals surface area contributed by atoms with E-state index in [0.29, 0.717) is 57.8 Å². The molecule has 3 aliphatic heterocycles. The number of benzene rings is 1. The van der Waals surface area contributed by atoms with Gasteiger partial charge in [-0.05, 0) is 127 Å². The van der Waals surface area contributed by atoms with Gasteiger partial charge in [-0.15, -0.1) is 0 Å². The fourth-order valence-corrected chi connectivity index (χ4v) is 10.1. The number of rotatable bonds is 7. The number of fused-ring (bicyclic) bond motifs is 3. The van der Waals surface area contributed by atoms with Crippen LogP contribution in [0.15, 0.2) is 47.6 Å². The highest BCUT2D eigenvalue weighted by molar-refractivity contribution is 6.39. The van der Waals surface area contributed by atoms with Gasteiger partial charge >= 0.3 is 5.97 Å². The number of cyclic esters (lactones) is 1. The molecule has 1 amide bonds. The lowest BCUT2D eigenvalue weighted by Crippen LogP contribution is -2.64. The average molecular weight is 852 g/mol. The van der Waals surface area contributed by atoms with Gasteiger partial charge in [0.05, 0.1) is 18.3 Å². The number of Topliss-reactive ketones (excluding diaryl/α,β-unsaturated/α-hetero) is 2. The van der Waals surface area contributed by atoms with Crippen molar-refractivity contribution >= 4 is 23.4 Å². The molecule has 1 saturated carbocycles. The molecule has 340 valence electrons. The number of hydrogen-bond acceptors (Lipinski definition) is 11.